The number of fused-ring (bicyclic) bond motifs is 1. The standard InChI is InChI=1S/C32H30N4O5S/c1-4-40-25-17-24(26(41-5-2)16-23(25)34-29(37)22-14-10-7-11-15-22)35-30(38)28-20(3)27-31(42-28)33-19-36(32(27)39)18-21-12-8-6-9-13-21/h6-17,19H,4-5,18H2,1-3H3,(H,34,37)(H,35,38). The minimum atomic E-state index is -0.408. The minimum absolute atomic E-state index is 0.205. The first-order valence-electron chi connectivity index (χ1n) is 13.5. The molecule has 5 aromatic rings. The van der Waals surface area contributed by atoms with Crippen LogP contribution in [0.15, 0.2) is 83.9 Å². The van der Waals surface area contributed by atoms with Crippen LogP contribution < -0.4 is 25.7 Å². The van der Waals surface area contributed by atoms with Crippen LogP contribution in [0.1, 0.15) is 45.0 Å². The third-order valence-electron chi connectivity index (χ3n) is 6.53. The van der Waals surface area contributed by atoms with E-state index in [9.17, 15) is 14.4 Å². The fraction of sp³-hybridized carbons (Fsp3) is 0.188. The summed E-state index contributed by atoms with van der Waals surface area (Å²) in [4.78, 5) is 45.1. The molecule has 0 saturated carbocycles. The molecule has 2 aromatic heterocycles. The first-order valence-corrected chi connectivity index (χ1v) is 14.3. The van der Waals surface area contributed by atoms with Crippen molar-refractivity contribution >= 4 is 44.7 Å². The number of carbonyl (C=O) groups excluding carboxylic acids is 2. The number of nitrogens with zero attached hydrogens (tertiary/aromatic N) is 2. The van der Waals surface area contributed by atoms with Crippen molar-refractivity contribution in [2.75, 3.05) is 23.8 Å². The Morgan fingerprint density at radius 3 is 2.02 bits per heavy atom. The molecule has 2 heterocycles. The molecule has 0 aliphatic rings. The molecule has 0 spiro atoms. The number of amides is 2. The van der Waals surface area contributed by atoms with Crippen LogP contribution in [-0.2, 0) is 6.54 Å². The van der Waals surface area contributed by atoms with Crippen LogP contribution in [0.5, 0.6) is 11.5 Å². The highest BCUT2D eigenvalue weighted by Crippen LogP contribution is 2.38. The van der Waals surface area contributed by atoms with E-state index < -0.39 is 5.91 Å². The number of hydrogen-bond donors (Lipinski definition) is 2. The number of aryl methyl sites for hydroxylation is 1. The summed E-state index contributed by atoms with van der Waals surface area (Å²) in [5, 5.41) is 6.21. The topological polar surface area (TPSA) is 112 Å². The van der Waals surface area contributed by atoms with Crippen molar-refractivity contribution in [3.05, 3.63) is 111 Å². The number of anilines is 2. The van der Waals surface area contributed by atoms with Gasteiger partial charge >= 0.3 is 0 Å². The van der Waals surface area contributed by atoms with Gasteiger partial charge in [-0.2, -0.15) is 0 Å². The largest absolute Gasteiger partial charge is 0.492 e. The maximum Gasteiger partial charge on any atom is 0.266 e. The second-order valence-electron chi connectivity index (χ2n) is 9.38. The van der Waals surface area contributed by atoms with E-state index in [0.717, 1.165) is 16.9 Å². The van der Waals surface area contributed by atoms with Gasteiger partial charge in [0, 0.05) is 17.7 Å². The number of thiophene rings is 1. The van der Waals surface area contributed by atoms with E-state index in [-0.39, 0.29) is 11.5 Å². The summed E-state index contributed by atoms with van der Waals surface area (Å²) in [6.07, 6.45) is 1.51. The SMILES string of the molecule is CCOc1cc(NC(=O)c2sc3ncn(Cc4ccccc4)c(=O)c3c2C)c(OCC)cc1NC(=O)c1ccccc1. The van der Waals surface area contributed by atoms with Gasteiger partial charge in [-0.3, -0.25) is 19.0 Å². The van der Waals surface area contributed by atoms with Crippen molar-refractivity contribution in [2.24, 2.45) is 0 Å². The second kappa shape index (κ2) is 12.7. The molecule has 5 rings (SSSR count). The zero-order valence-corrected chi connectivity index (χ0v) is 24.3. The molecule has 0 unspecified atom stereocenters. The monoisotopic (exact) mass is 582 g/mol. The molecule has 42 heavy (non-hydrogen) atoms. The Bertz CT molecular complexity index is 1800. The molecule has 2 N–H and O–H groups in total. The molecule has 0 saturated heterocycles. The Balaban J connectivity index is 1.46. The zero-order chi connectivity index (χ0) is 29.6. The van der Waals surface area contributed by atoms with Gasteiger partial charge in [0.1, 0.15) is 16.3 Å². The third kappa shape index (κ3) is 6.03. The Labute approximate surface area is 246 Å². The van der Waals surface area contributed by atoms with Gasteiger partial charge in [0.05, 0.1) is 47.7 Å². The molecule has 0 aliphatic heterocycles. The van der Waals surface area contributed by atoms with Crippen molar-refractivity contribution in [3.8, 4) is 11.5 Å². The number of aromatic nitrogens is 2. The first-order chi connectivity index (χ1) is 20.4. The normalized spacial score (nSPS) is 10.8. The van der Waals surface area contributed by atoms with Crippen LogP contribution in [0.4, 0.5) is 11.4 Å². The Hall–Kier alpha value is -4.96. The molecule has 214 valence electrons. The van der Waals surface area contributed by atoms with Gasteiger partial charge < -0.3 is 20.1 Å². The Morgan fingerprint density at radius 2 is 1.43 bits per heavy atom. The van der Waals surface area contributed by atoms with Gasteiger partial charge in [0.25, 0.3) is 17.4 Å². The lowest BCUT2D eigenvalue weighted by Gasteiger charge is -2.18. The fourth-order valence-electron chi connectivity index (χ4n) is 4.54. The van der Waals surface area contributed by atoms with Gasteiger partial charge in [-0.25, -0.2) is 4.98 Å². The van der Waals surface area contributed by atoms with Gasteiger partial charge in [-0.1, -0.05) is 48.5 Å². The number of benzene rings is 3. The molecular formula is C32H30N4O5S. The highest BCUT2D eigenvalue weighted by Gasteiger charge is 2.22. The van der Waals surface area contributed by atoms with E-state index in [0.29, 0.717) is 68.9 Å². The highest BCUT2D eigenvalue weighted by atomic mass is 32.1. The van der Waals surface area contributed by atoms with Crippen molar-refractivity contribution in [1.29, 1.82) is 0 Å². The van der Waals surface area contributed by atoms with Crippen molar-refractivity contribution in [1.82, 2.24) is 9.55 Å². The molecule has 0 atom stereocenters. The van der Waals surface area contributed by atoms with E-state index in [2.05, 4.69) is 15.6 Å². The second-order valence-corrected chi connectivity index (χ2v) is 10.4. The summed E-state index contributed by atoms with van der Waals surface area (Å²) in [6, 6.07) is 21.7. The highest BCUT2D eigenvalue weighted by molar-refractivity contribution is 7.20. The Morgan fingerprint density at radius 1 is 0.857 bits per heavy atom. The molecule has 2 amide bonds. The van der Waals surface area contributed by atoms with Crippen LogP contribution in [0, 0.1) is 6.92 Å². The molecule has 3 aromatic carbocycles. The predicted molar refractivity (Wildman–Crippen MR) is 165 cm³/mol. The summed E-state index contributed by atoms with van der Waals surface area (Å²) in [7, 11) is 0. The number of carbonyl (C=O) groups is 2. The third-order valence-corrected chi connectivity index (χ3v) is 7.73. The molecule has 0 radical (unpaired) electrons. The molecule has 0 fully saturated rings. The van der Waals surface area contributed by atoms with Crippen molar-refractivity contribution < 1.29 is 19.1 Å². The molecule has 0 aliphatic carbocycles. The van der Waals surface area contributed by atoms with Gasteiger partial charge in [-0.05, 0) is 44.0 Å². The summed E-state index contributed by atoms with van der Waals surface area (Å²) < 4.78 is 13.2. The molecule has 10 heteroatoms. The molecular weight excluding hydrogens is 552 g/mol. The van der Waals surface area contributed by atoms with Crippen LogP contribution >= 0.6 is 11.3 Å². The van der Waals surface area contributed by atoms with E-state index in [1.54, 1.807) is 47.9 Å². The predicted octanol–water partition coefficient (Wildman–Crippen LogP) is 6.12. The number of ether oxygens (including phenoxy) is 2. The van der Waals surface area contributed by atoms with E-state index in [4.69, 9.17) is 9.47 Å². The van der Waals surface area contributed by atoms with Crippen LogP contribution in [0.2, 0.25) is 0 Å². The molecule has 0 bridgehead atoms. The summed E-state index contributed by atoms with van der Waals surface area (Å²) in [5.74, 6) is 0.0231. The average Bonchev–Trinajstić information content (AvgIpc) is 3.34. The number of rotatable bonds is 10. The average molecular weight is 583 g/mol. The zero-order valence-electron chi connectivity index (χ0n) is 23.5. The van der Waals surface area contributed by atoms with Gasteiger partial charge in [-0.15, -0.1) is 11.3 Å². The van der Waals surface area contributed by atoms with Gasteiger partial charge in [0.15, 0.2) is 0 Å². The smallest absolute Gasteiger partial charge is 0.266 e. The quantitative estimate of drug-likeness (QED) is 0.205. The number of nitrogens with one attached hydrogen (secondary N) is 2. The fourth-order valence-corrected chi connectivity index (χ4v) is 5.57. The maximum atomic E-state index is 13.6. The summed E-state index contributed by atoms with van der Waals surface area (Å²) in [6.45, 7) is 6.45. The summed E-state index contributed by atoms with van der Waals surface area (Å²) >= 11 is 1.16. The summed E-state index contributed by atoms with van der Waals surface area (Å²) in [5.41, 5.74) is 2.60. The van der Waals surface area contributed by atoms with Crippen LogP contribution in [0.25, 0.3) is 10.2 Å². The van der Waals surface area contributed by atoms with E-state index >= 15 is 0 Å². The maximum absolute atomic E-state index is 13.6. The van der Waals surface area contributed by atoms with Gasteiger partial charge in [0.2, 0.25) is 0 Å². The van der Waals surface area contributed by atoms with Crippen molar-refractivity contribution in [3.63, 3.8) is 0 Å². The molecule has 9 nitrogen and oxygen atoms in total. The lowest BCUT2D eigenvalue weighted by Crippen LogP contribution is -2.21. The van der Waals surface area contributed by atoms with Crippen LogP contribution in [0.3, 0.4) is 0 Å². The van der Waals surface area contributed by atoms with Crippen LogP contribution in [-0.4, -0.2) is 34.6 Å². The lowest BCUT2D eigenvalue weighted by molar-refractivity contribution is 0.101. The van der Waals surface area contributed by atoms with E-state index in [1.165, 1.54) is 6.33 Å². The Kier molecular flexibility index (Phi) is 8.63. The lowest BCUT2D eigenvalue weighted by atomic mass is 10.1. The van der Waals surface area contributed by atoms with Crippen molar-refractivity contribution in [2.45, 2.75) is 27.3 Å². The van der Waals surface area contributed by atoms with E-state index in [1.807, 2.05) is 50.2 Å². The first kappa shape index (κ1) is 28.6. The number of hydrogen-bond acceptors (Lipinski definition) is 7. The minimum Gasteiger partial charge on any atom is -0.492 e.